The van der Waals surface area contributed by atoms with E-state index in [9.17, 15) is 0 Å². The van der Waals surface area contributed by atoms with Crippen molar-refractivity contribution in [2.45, 2.75) is 51.3 Å². The Morgan fingerprint density at radius 1 is 0.783 bits per heavy atom. The molecular weight excluding hydrogens is 570 g/mol. The molecule has 0 amide bonds. The molecule has 0 radical (unpaired) electrons. The first-order valence-electron chi connectivity index (χ1n) is 16.9. The standard InChI is InChI=1S/C40H51N3O3/c1-4-42(29-33-27-38(44-2)40(39(28-33)45-3)46-31-32-15-8-5-9-16-32)24-14-23-41-36-21-25-43(26-22-36)30-37(34-17-10-6-11-18-34)35-19-12-7-13-20-35/h5-13,15-20,27-28,36-37,41H,4,14,21-26,29-31H2,1-3H3. The normalized spacial score (nSPS) is 14.1. The lowest BCUT2D eigenvalue weighted by Gasteiger charge is -2.35. The van der Waals surface area contributed by atoms with Gasteiger partial charge >= 0.3 is 0 Å². The summed E-state index contributed by atoms with van der Waals surface area (Å²) in [4.78, 5) is 5.14. The molecule has 6 nitrogen and oxygen atoms in total. The van der Waals surface area contributed by atoms with Crippen molar-refractivity contribution in [1.29, 1.82) is 0 Å². The first kappa shape index (κ1) is 33.5. The molecule has 0 aromatic heterocycles. The van der Waals surface area contributed by atoms with Crippen LogP contribution in [0, 0.1) is 0 Å². The van der Waals surface area contributed by atoms with Crippen LogP contribution in [-0.4, -0.2) is 69.3 Å². The third-order valence-corrected chi connectivity index (χ3v) is 9.12. The fourth-order valence-corrected chi connectivity index (χ4v) is 6.47. The number of nitrogens with zero attached hydrogens (tertiary/aromatic N) is 2. The van der Waals surface area contributed by atoms with E-state index in [0.29, 0.717) is 35.8 Å². The van der Waals surface area contributed by atoms with Crippen LogP contribution in [0.15, 0.2) is 103 Å². The van der Waals surface area contributed by atoms with Gasteiger partial charge in [0.05, 0.1) is 14.2 Å². The quantitative estimate of drug-likeness (QED) is 0.124. The molecule has 4 aromatic carbocycles. The first-order valence-corrected chi connectivity index (χ1v) is 16.9. The van der Waals surface area contributed by atoms with Crippen LogP contribution < -0.4 is 19.5 Å². The van der Waals surface area contributed by atoms with Crippen LogP contribution in [0.5, 0.6) is 17.2 Å². The van der Waals surface area contributed by atoms with E-state index in [4.69, 9.17) is 14.2 Å². The molecular formula is C40H51N3O3. The molecule has 244 valence electrons. The highest BCUT2D eigenvalue weighted by Crippen LogP contribution is 2.39. The molecule has 0 bridgehead atoms. The Morgan fingerprint density at radius 2 is 1.35 bits per heavy atom. The van der Waals surface area contributed by atoms with Crippen molar-refractivity contribution in [3.8, 4) is 17.2 Å². The summed E-state index contributed by atoms with van der Waals surface area (Å²) >= 11 is 0. The second-order valence-electron chi connectivity index (χ2n) is 12.2. The van der Waals surface area contributed by atoms with Gasteiger partial charge in [-0.1, -0.05) is 97.9 Å². The summed E-state index contributed by atoms with van der Waals surface area (Å²) in [7, 11) is 3.37. The minimum Gasteiger partial charge on any atom is -0.493 e. The molecule has 1 aliphatic heterocycles. The van der Waals surface area contributed by atoms with Crippen molar-refractivity contribution in [2.24, 2.45) is 0 Å². The van der Waals surface area contributed by atoms with E-state index < -0.39 is 0 Å². The lowest BCUT2D eigenvalue weighted by molar-refractivity contribution is 0.191. The Balaban J connectivity index is 1.06. The monoisotopic (exact) mass is 621 g/mol. The summed E-state index contributed by atoms with van der Waals surface area (Å²) in [5, 5.41) is 3.86. The Kier molecular flexibility index (Phi) is 12.9. The number of piperidine rings is 1. The molecule has 5 rings (SSSR count). The van der Waals surface area contributed by atoms with Crippen molar-refractivity contribution < 1.29 is 14.2 Å². The summed E-state index contributed by atoms with van der Waals surface area (Å²) in [6, 6.07) is 36.9. The zero-order valence-electron chi connectivity index (χ0n) is 27.9. The summed E-state index contributed by atoms with van der Waals surface area (Å²) in [6.45, 7) is 9.94. The molecule has 1 heterocycles. The summed E-state index contributed by atoms with van der Waals surface area (Å²) < 4.78 is 17.6. The van der Waals surface area contributed by atoms with E-state index in [1.165, 1.54) is 24.0 Å². The average Bonchev–Trinajstić information content (AvgIpc) is 3.12. The van der Waals surface area contributed by atoms with Gasteiger partial charge in [0.1, 0.15) is 6.61 Å². The number of hydrogen-bond donors (Lipinski definition) is 1. The van der Waals surface area contributed by atoms with E-state index in [0.717, 1.165) is 63.4 Å². The number of methoxy groups -OCH3 is 2. The fourth-order valence-electron chi connectivity index (χ4n) is 6.47. The maximum atomic E-state index is 6.15. The minimum atomic E-state index is 0.407. The first-order chi connectivity index (χ1) is 22.7. The molecule has 0 atom stereocenters. The molecule has 1 saturated heterocycles. The number of hydrogen-bond acceptors (Lipinski definition) is 6. The van der Waals surface area contributed by atoms with E-state index >= 15 is 0 Å². The van der Waals surface area contributed by atoms with Crippen LogP contribution in [0.3, 0.4) is 0 Å². The zero-order valence-corrected chi connectivity index (χ0v) is 27.9. The van der Waals surface area contributed by atoms with Gasteiger partial charge in [0.2, 0.25) is 5.75 Å². The van der Waals surface area contributed by atoms with E-state index in [-0.39, 0.29) is 0 Å². The lowest BCUT2D eigenvalue weighted by Crippen LogP contribution is -2.44. The SMILES string of the molecule is CCN(CCCNC1CCN(CC(c2ccccc2)c2ccccc2)CC1)Cc1cc(OC)c(OCc2ccccc2)c(OC)c1. The molecule has 0 aliphatic carbocycles. The van der Waals surface area contributed by atoms with Gasteiger partial charge in [0.25, 0.3) is 0 Å². The largest absolute Gasteiger partial charge is 0.493 e. The predicted molar refractivity (Wildman–Crippen MR) is 188 cm³/mol. The van der Waals surface area contributed by atoms with Gasteiger partial charge in [-0.25, -0.2) is 0 Å². The zero-order chi connectivity index (χ0) is 32.0. The van der Waals surface area contributed by atoms with Crippen molar-refractivity contribution in [3.05, 3.63) is 125 Å². The minimum absolute atomic E-state index is 0.407. The molecule has 0 spiro atoms. The van der Waals surface area contributed by atoms with Crippen LogP contribution in [0.25, 0.3) is 0 Å². The molecule has 0 unspecified atom stereocenters. The summed E-state index contributed by atoms with van der Waals surface area (Å²) in [6.07, 6.45) is 3.52. The molecule has 1 aliphatic rings. The Morgan fingerprint density at radius 3 is 1.89 bits per heavy atom. The Labute approximate surface area is 276 Å². The van der Waals surface area contributed by atoms with Gasteiger partial charge in [0.15, 0.2) is 11.5 Å². The Hall–Kier alpha value is -3.84. The maximum absolute atomic E-state index is 6.15. The number of likely N-dealkylation sites (tertiary alicyclic amines) is 1. The molecule has 1 fully saturated rings. The van der Waals surface area contributed by atoms with E-state index in [2.05, 4.69) is 107 Å². The van der Waals surface area contributed by atoms with Gasteiger partial charge in [-0.3, -0.25) is 4.90 Å². The van der Waals surface area contributed by atoms with Gasteiger partial charge in [-0.2, -0.15) is 0 Å². The van der Waals surface area contributed by atoms with Crippen LogP contribution >= 0.6 is 0 Å². The van der Waals surface area contributed by atoms with Crippen LogP contribution in [0.1, 0.15) is 54.4 Å². The number of rotatable bonds is 17. The van der Waals surface area contributed by atoms with Gasteiger partial charge in [-0.15, -0.1) is 0 Å². The maximum Gasteiger partial charge on any atom is 0.203 e. The molecule has 1 N–H and O–H groups in total. The fraction of sp³-hybridized carbons (Fsp3) is 0.400. The second-order valence-corrected chi connectivity index (χ2v) is 12.2. The van der Waals surface area contributed by atoms with E-state index in [1.54, 1.807) is 14.2 Å². The molecule has 6 heteroatoms. The van der Waals surface area contributed by atoms with Gasteiger partial charge in [-0.05, 0) is 86.4 Å². The van der Waals surface area contributed by atoms with Crippen LogP contribution in [0.4, 0.5) is 0 Å². The number of ether oxygens (including phenoxy) is 3. The molecule has 0 saturated carbocycles. The third kappa shape index (κ3) is 9.58. The topological polar surface area (TPSA) is 46.2 Å². The van der Waals surface area contributed by atoms with Crippen LogP contribution in [0.2, 0.25) is 0 Å². The van der Waals surface area contributed by atoms with Crippen molar-refractivity contribution in [2.75, 3.05) is 53.5 Å². The van der Waals surface area contributed by atoms with Crippen molar-refractivity contribution in [3.63, 3.8) is 0 Å². The van der Waals surface area contributed by atoms with Crippen molar-refractivity contribution >= 4 is 0 Å². The van der Waals surface area contributed by atoms with Crippen LogP contribution in [-0.2, 0) is 13.2 Å². The lowest BCUT2D eigenvalue weighted by atomic mass is 9.90. The number of nitrogens with one attached hydrogen (secondary N) is 1. The van der Waals surface area contributed by atoms with E-state index in [1.807, 2.05) is 18.2 Å². The highest BCUT2D eigenvalue weighted by molar-refractivity contribution is 5.54. The summed E-state index contributed by atoms with van der Waals surface area (Å²) in [5.74, 6) is 2.46. The predicted octanol–water partition coefficient (Wildman–Crippen LogP) is 7.38. The highest BCUT2D eigenvalue weighted by Gasteiger charge is 2.23. The van der Waals surface area contributed by atoms with Gasteiger partial charge in [0, 0.05) is 25.0 Å². The number of benzene rings is 4. The summed E-state index contributed by atoms with van der Waals surface area (Å²) in [5.41, 5.74) is 5.07. The smallest absolute Gasteiger partial charge is 0.203 e. The molecule has 4 aromatic rings. The molecule has 46 heavy (non-hydrogen) atoms. The van der Waals surface area contributed by atoms with Gasteiger partial charge < -0.3 is 24.4 Å². The Bertz CT molecular complexity index is 1360. The van der Waals surface area contributed by atoms with Crippen molar-refractivity contribution in [1.82, 2.24) is 15.1 Å². The third-order valence-electron chi connectivity index (χ3n) is 9.12. The highest BCUT2D eigenvalue weighted by atomic mass is 16.5. The second kappa shape index (κ2) is 17.7. The average molecular weight is 622 g/mol.